The summed E-state index contributed by atoms with van der Waals surface area (Å²) in [5.74, 6) is 0.0364. The Morgan fingerprint density at radius 1 is 1.15 bits per heavy atom. The molecule has 0 aliphatic heterocycles. The van der Waals surface area contributed by atoms with Gasteiger partial charge in [-0.3, -0.25) is 4.79 Å². The zero-order valence-electron chi connectivity index (χ0n) is 15.3. The van der Waals surface area contributed by atoms with Crippen LogP contribution in [0.5, 0.6) is 0 Å². The Labute approximate surface area is 155 Å². The van der Waals surface area contributed by atoms with Crippen molar-refractivity contribution in [1.82, 2.24) is 5.32 Å². The van der Waals surface area contributed by atoms with Gasteiger partial charge >= 0.3 is 0 Å². The van der Waals surface area contributed by atoms with Crippen LogP contribution in [0.3, 0.4) is 0 Å². The number of benzene rings is 2. The molecule has 134 valence electrons. The van der Waals surface area contributed by atoms with Gasteiger partial charge in [0.05, 0.1) is 0 Å². The number of para-hydroxylation sites is 1. The molecule has 2 aromatic carbocycles. The molecule has 2 aromatic rings. The molecule has 0 heterocycles. The van der Waals surface area contributed by atoms with Crippen molar-refractivity contribution in [3.05, 3.63) is 77.5 Å². The second-order valence-electron chi connectivity index (χ2n) is 6.20. The van der Waals surface area contributed by atoms with E-state index in [4.69, 9.17) is 0 Å². The number of nitrogens with one attached hydrogen (secondary N) is 2. The highest BCUT2D eigenvalue weighted by atomic mass is 16.1. The van der Waals surface area contributed by atoms with Gasteiger partial charge in [0.15, 0.2) is 0 Å². The van der Waals surface area contributed by atoms with Crippen LogP contribution in [-0.2, 0) is 11.2 Å². The van der Waals surface area contributed by atoms with E-state index >= 15 is 0 Å². The summed E-state index contributed by atoms with van der Waals surface area (Å²) in [6.07, 6.45) is 3.24. The Hall–Kier alpha value is -3.06. The van der Waals surface area contributed by atoms with E-state index in [1.807, 2.05) is 54.6 Å². The Balaban J connectivity index is 1.97. The molecule has 1 amide bonds. The first-order chi connectivity index (χ1) is 12.7. The molecule has 4 heteroatoms. The summed E-state index contributed by atoms with van der Waals surface area (Å²) in [5.41, 5.74) is 3.31. The number of hydrogen-bond donors (Lipinski definition) is 2. The summed E-state index contributed by atoms with van der Waals surface area (Å²) in [6.45, 7) is 4.79. The number of carbonyl (C=O) groups is 1. The van der Waals surface area contributed by atoms with E-state index in [1.165, 1.54) is 11.8 Å². The molecule has 0 saturated carbocycles. The van der Waals surface area contributed by atoms with Crippen molar-refractivity contribution in [3.8, 4) is 6.07 Å². The van der Waals surface area contributed by atoms with Gasteiger partial charge in [-0.2, -0.15) is 5.26 Å². The van der Waals surface area contributed by atoms with Crippen LogP contribution in [0.1, 0.15) is 37.3 Å². The van der Waals surface area contributed by atoms with E-state index < -0.39 is 0 Å². The lowest BCUT2D eigenvalue weighted by atomic mass is 9.97. The predicted molar refractivity (Wildman–Crippen MR) is 106 cm³/mol. The smallest absolute Gasteiger partial charge is 0.263 e. The molecule has 0 fully saturated rings. The van der Waals surface area contributed by atoms with Crippen molar-refractivity contribution in [2.24, 2.45) is 0 Å². The van der Waals surface area contributed by atoms with Gasteiger partial charge in [0.2, 0.25) is 0 Å². The third kappa shape index (κ3) is 5.49. The maximum atomic E-state index is 12.2. The minimum atomic E-state index is -0.364. The highest BCUT2D eigenvalue weighted by Crippen LogP contribution is 2.26. The summed E-state index contributed by atoms with van der Waals surface area (Å²) in [5, 5.41) is 15.2. The van der Waals surface area contributed by atoms with E-state index in [-0.39, 0.29) is 11.5 Å². The van der Waals surface area contributed by atoms with Gasteiger partial charge < -0.3 is 10.6 Å². The topological polar surface area (TPSA) is 64.9 Å². The monoisotopic (exact) mass is 347 g/mol. The lowest BCUT2D eigenvalue weighted by Gasteiger charge is -2.14. The zero-order valence-corrected chi connectivity index (χ0v) is 15.3. The lowest BCUT2D eigenvalue weighted by Crippen LogP contribution is -2.27. The minimum absolute atomic E-state index is 0.0667. The molecular weight excluding hydrogens is 322 g/mol. The zero-order chi connectivity index (χ0) is 18.8. The fourth-order valence-electron chi connectivity index (χ4n) is 2.64. The van der Waals surface area contributed by atoms with Gasteiger partial charge in [0.1, 0.15) is 11.6 Å². The van der Waals surface area contributed by atoms with Crippen molar-refractivity contribution in [2.45, 2.75) is 32.6 Å². The summed E-state index contributed by atoms with van der Waals surface area (Å²) in [6, 6.07) is 19.9. The molecule has 2 rings (SSSR count). The second kappa shape index (κ2) is 10.0. The molecule has 0 saturated heterocycles. The number of anilines is 1. The molecule has 2 N–H and O–H groups in total. The van der Waals surface area contributed by atoms with Crippen molar-refractivity contribution < 1.29 is 4.79 Å². The van der Waals surface area contributed by atoms with Crippen LogP contribution >= 0.6 is 0 Å². The Bertz CT molecular complexity index is 791. The fourth-order valence-corrected chi connectivity index (χ4v) is 2.64. The molecular formula is C22H25N3O. The van der Waals surface area contributed by atoms with E-state index in [0.29, 0.717) is 12.5 Å². The molecule has 4 nitrogen and oxygen atoms in total. The van der Waals surface area contributed by atoms with E-state index in [0.717, 1.165) is 24.1 Å². The van der Waals surface area contributed by atoms with Gasteiger partial charge in [-0.25, -0.2) is 0 Å². The van der Waals surface area contributed by atoms with Crippen molar-refractivity contribution >= 4 is 11.6 Å². The molecule has 0 spiro atoms. The first kappa shape index (κ1) is 19.3. The minimum Gasteiger partial charge on any atom is -0.360 e. The molecule has 1 unspecified atom stereocenters. The van der Waals surface area contributed by atoms with E-state index in [1.54, 1.807) is 0 Å². The maximum Gasteiger partial charge on any atom is 0.263 e. The van der Waals surface area contributed by atoms with Gasteiger partial charge in [-0.15, -0.1) is 0 Å². The summed E-state index contributed by atoms with van der Waals surface area (Å²) in [7, 11) is 0. The number of rotatable bonds is 8. The number of carbonyl (C=O) groups excluding carboxylic acids is 1. The molecule has 26 heavy (non-hydrogen) atoms. The van der Waals surface area contributed by atoms with Crippen LogP contribution in [0, 0.1) is 11.3 Å². The van der Waals surface area contributed by atoms with Crippen molar-refractivity contribution in [1.29, 1.82) is 5.26 Å². The van der Waals surface area contributed by atoms with Crippen LogP contribution in [0.2, 0.25) is 0 Å². The average molecular weight is 347 g/mol. The SMILES string of the molecule is CCC(C)c1ccccc1N/C=C(/C#N)C(=O)NCCc1ccccc1. The van der Waals surface area contributed by atoms with Crippen LogP contribution in [0.15, 0.2) is 66.4 Å². The Kier molecular flexibility index (Phi) is 7.45. The Morgan fingerprint density at radius 3 is 2.54 bits per heavy atom. The molecule has 0 radical (unpaired) electrons. The third-order valence-electron chi connectivity index (χ3n) is 4.38. The highest BCUT2D eigenvalue weighted by molar-refractivity contribution is 5.97. The molecule has 0 bridgehead atoms. The van der Waals surface area contributed by atoms with Crippen molar-refractivity contribution in [3.63, 3.8) is 0 Å². The number of amides is 1. The van der Waals surface area contributed by atoms with Gasteiger partial charge in [-0.05, 0) is 36.0 Å². The fraction of sp³-hybridized carbons (Fsp3) is 0.273. The average Bonchev–Trinajstić information content (AvgIpc) is 2.69. The Morgan fingerprint density at radius 2 is 1.85 bits per heavy atom. The quantitative estimate of drug-likeness (QED) is 0.550. The summed E-state index contributed by atoms with van der Waals surface area (Å²) >= 11 is 0. The largest absolute Gasteiger partial charge is 0.360 e. The number of nitriles is 1. The van der Waals surface area contributed by atoms with Crippen LogP contribution in [0.4, 0.5) is 5.69 Å². The van der Waals surface area contributed by atoms with Gasteiger partial charge in [-0.1, -0.05) is 62.4 Å². The normalized spacial score (nSPS) is 12.1. The van der Waals surface area contributed by atoms with E-state index in [9.17, 15) is 10.1 Å². The van der Waals surface area contributed by atoms with Crippen molar-refractivity contribution in [2.75, 3.05) is 11.9 Å². The molecule has 0 aromatic heterocycles. The van der Waals surface area contributed by atoms with Gasteiger partial charge in [0.25, 0.3) is 5.91 Å². The third-order valence-corrected chi connectivity index (χ3v) is 4.38. The van der Waals surface area contributed by atoms with Crippen LogP contribution < -0.4 is 10.6 Å². The molecule has 0 aliphatic carbocycles. The first-order valence-corrected chi connectivity index (χ1v) is 8.93. The number of hydrogen-bond acceptors (Lipinski definition) is 3. The first-order valence-electron chi connectivity index (χ1n) is 8.93. The molecule has 0 aliphatic rings. The van der Waals surface area contributed by atoms with Gasteiger partial charge in [0, 0.05) is 18.4 Å². The summed E-state index contributed by atoms with van der Waals surface area (Å²) in [4.78, 5) is 12.2. The standard InChI is InChI=1S/C22H25N3O/c1-3-17(2)20-11-7-8-12-21(20)25-16-19(15-23)22(26)24-14-13-18-9-5-4-6-10-18/h4-12,16-17,25H,3,13-14H2,1-2H3,(H,24,26)/b19-16-. The molecule has 1 atom stereocenters. The van der Waals surface area contributed by atoms with E-state index in [2.05, 4.69) is 30.5 Å². The van der Waals surface area contributed by atoms with Crippen LogP contribution in [-0.4, -0.2) is 12.5 Å². The maximum absolute atomic E-state index is 12.2. The second-order valence-corrected chi connectivity index (χ2v) is 6.20. The lowest BCUT2D eigenvalue weighted by molar-refractivity contribution is -0.117. The number of nitrogens with zero attached hydrogens (tertiary/aromatic N) is 1. The summed E-state index contributed by atoms with van der Waals surface area (Å²) < 4.78 is 0. The van der Waals surface area contributed by atoms with Crippen LogP contribution in [0.25, 0.3) is 0 Å². The predicted octanol–water partition coefficient (Wildman–Crippen LogP) is 4.38. The highest BCUT2D eigenvalue weighted by Gasteiger charge is 2.10.